The molecule has 30 heavy (non-hydrogen) atoms. The highest BCUT2D eigenvalue weighted by atomic mass is 16.7. The van der Waals surface area contributed by atoms with Gasteiger partial charge in [-0.2, -0.15) is 0 Å². The molecule has 2 heterocycles. The first-order chi connectivity index (χ1) is 14.5. The average molecular weight is 407 g/mol. The maximum atomic E-state index is 12.4. The molecule has 4 rings (SSSR count). The summed E-state index contributed by atoms with van der Waals surface area (Å²) in [6.45, 7) is 3.84. The Balaban J connectivity index is 1.30. The Hall–Kier alpha value is -3.94. The number of nitrogens with zero attached hydrogens (tertiary/aromatic N) is 1. The van der Waals surface area contributed by atoms with Gasteiger partial charge >= 0.3 is 0 Å². The van der Waals surface area contributed by atoms with Crippen molar-refractivity contribution < 1.29 is 23.8 Å². The molecule has 1 aromatic heterocycles. The minimum atomic E-state index is -0.311. The molecule has 154 valence electrons. The summed E-state index contributed by atoms with van der Waals surface area (Å²) in [6, 6.07) is 15.6. The molecule has 0 saturated heterocycles. The van der Waals surface area contributed by atoms with Gasteiger partial charge in [0, 0.05) is 28.7 Å². The van der Waals surface area contributed by atoms with Crippen molar-refractivity contribution in [1.29, 1.82) is 0 Å². The molecule has 2 aromatic carbocycles. The van der Waals surface area contributed by atoms with Crippen LogP contribution >= 0.6 is 0 Å². The van der Waals surface area contributed by atoms with Crippen LogP contribution in [0.2, 0.25) is 0 Å². The highest BCUT2D eigenvalue weighted by Crippen LogP contribution is 2.34. The molecule has 0 saturated carbocycles. The number of carbonyl (C=O) groups is 2. The van der Waals surface area contributed by atoms with Crippen LogP contribution in [0.15, 0.2) is 54.6 Å². The Bertz CT molecular complexity index is 1070. The van der Waals surface area contributed by atoms with E-state index in [1.54, 1.807) is 47.1 Å². The van der Waals surface area contributed by atoms with E-state index >= 15 is 0 Å². The quantitative estimate of drug-likeness (QED) is 0.655. The van der Waals surface area contributed by atoms with E-state index < -0.39 is 0 Å². The van der Waals surface area contributed by atoms with Gasteiger partial charge in [0.25, 0.3) is 11.8 Å². The summed E-state index contributed by atoms with van der Waals surface area (Å²) in [5, 5.41) is 2.74. The fourth-order valence-electron chi connectivity index (χ4n) is 3.03. The number of ether oxygens (including phenoxy) is 3. The number of hydrogen-bond donors (Lipinski definition) is 2. The molecule has 2 amide bonds. The summed E-state index contributed by atoms with van der Waals surface area (Å²) < 4.78 is 17.8. The van der Waals surface area contributed by atoms with E-state index in [0.29, 0.717) is 28.5 Å². The van der Waals surface area contributed by atoms with Crippen LogP contribution in [0.4, 0.5) is 5.69 Å². The first kappa shape index (κ1) is 19.4. The van der Waals surface area contributed by atoms with Crippen LogP contribution in [0, 0.1) is 13.8 Å². The standard InChI is InChI=1S/C22H21N3O5/c1-14-3-4-15(2)25(14)24-22(27)16-5-8-18(9-6-16)28-12-21(26)23-17-7-10-19-20(11-17)30-13-29-19/h3-11H,12-13H2,1-2H3,(H,23,26)(H,24,27). The lowest BCUT2D eigenvalue weighted by Crippen LogP contribution is -2.24. The average Bonchev–Trinajstić information content (AvgIpc) is 3.34. The van der Waals surface area contributed by atoms with Crippen LogP contribution in [0.3, 0.4) is 0 Å². The molecule has 0 fully saturated rings. The first-order valence-corrected chi connectivity index (χ1v) is 9.38. The fourth-order valence-corrected chi connectivity index (χ4v) is 3.03. The van der Waals surface area contributed by atoms with Crippen LogP contribution < -0.4 is 25.0 Å². The number of anilines is 1. The van der Waals surface area contributed by atoms with Gasteiger partial charge in [-0.15, -0.1) is 0 Å². The van der Waals surface area contributed by atoms with Crippen molar-refractivity contribution in [3.8, 4) is 17.2 Å². The molecule has 3 aromatic rings. The van der Waals surface area contributed by atoms with E-state index in [-0.39, 0.29) is 25.2 Å². The van der Waals surface area contributed by atoms with Gasteiger partial charge in [-0.25, -0.2) is 0 Å². The zero-order valence-electron chi connectivity index (χ0n) is 16.6. The molecule has 0 aliphatic carbocycles. The molecule has 1 aliphatic rings. The predicted octanol–water partition coefficient (Wildman–Crippen LogP) is 3.24. The molecule has 2 N–H and O–H groups in total. The van der Waals surface area contributed by atoms with Crippen molar-refractivity contribution in [2.75, 3.05) is 24.1 Å². The van der Waals surface area contributed by atoms with Crippen molar-refractivity contribution in [2.24, 2.45) is 0 Å². The van der Waals surface area contributed by atoms with Crippen LogP contribution in [-0.4, -0.2) is 29.9 Å². The third-order valence-electron chi connectivity index (χ3n) is 4.63. The minimum Gasteiger partial charge on any atom is -0.484 e. The monoisotopic (exact) mass is 407 g/mol. The molecule has 0 bridgehead atoms. The molecule has 8 heteroatoms. The van der Waals surface area contributed by atoms with Crippen LogP contribution in [0.1, 0.15) is 21.7 Å². The summed E-state index contributed by atoms with van der Waals surface area (Å²) >= 11 is 0. The number of aryl methyl sites for hydroxylation is 2. The van der Waals surface area contributed by atoms with Gasteiger partial charge in [-0.3, -0.25) is 19.7 Å². The topological polar surface area (TPSA) is 90.8 Å². The number of benzene rings is 2. The maximum absolute atomic E-state index is 12.4. The number of carbonyl (C=O) groups excluding carboxylic acids is 2. The smallest absolute Gasteiger partial charge is 0.270 e. The zero-order valence-corrected chi connectivity index (χ0v) is 16.6. The predicted molar refractivity (Wildman–Crippen MR) is 111 cm³/mol. The van der Waals surface area contributed by atoms with Gasteiger partial charge in [0.15, 0.2) is 18.1 Å². The molecule has 0 spiro atoms. The summed E-state index contributed by atoms with van der Waals surface area (Å²) in [4.78, 5) is 24.5. The van der Waals surface area contributed by atoms with Crippen LogP contribution in [0.25, 0.3) is 0 Å². The van der Waals surface area contributed by atoms with Crippen molar-refractivity contribution >= 4 is 17.5 Å². The lowest BCUT2D eigenvalue weighted by molar-refractivity contribution is -0.118. The highest BCUT2D eigenvalue weighted by molar-refractivity contribution is 6.00. The maximum Gasteiger partial charge on any atom is 0.270 e. The Kier molecular flexibility index (Phi) is 5.30. The number of rotatable bonds is 6. The highest BCUT2D eigenvalue weighted by Gasteiger charge is 2.14. The number of aromatic nitrogens is 1. The fraction of sp³-hybridized carbons (Fsp3) is 0.182. The van der Waals surface area contributed by atoms with E-state index in [1.165, 1.54) is 0 Å². The van der Waals surface area contributed by atoms with E-state index in [2.05, 4.69) is 10.7 Å². The second-order valence-corrected chi connectivity index (χ2v) is 6.82. The van der Waals surface area contributed by atoms with Crippen molar-refractivity contribution in [2.45, 2.75) is 13.8 Å². The summed E-state index contributed by atoms with van der Waals surface area (Å²) in [6.07, 6.45) is 0. The number of hydrogen-bond acceptors (Lipinski definition) is 5. The van der Waals surface area contributed by atoms with Crippen molar-refractivity contribution in [3.63, 3.8) is 0 Å². The third kappa shape index (κ3) is 4.22. The summed E-state index contributed by atoms with van der Waals surface area (Å²) in [5.41, 5.74) is 5.80. The van der Waals surface area contributed by atoms with Gasteiger partial charge in [-0.05, 0) is 62.4 Å². The van der Waals surface area contributed by atoms with Crippen LogP contribution in [-0.2, 0) is 4.79 Å². The van der Waals surface area contributed by atoms with E-state index in [4.69, 9.17) is 14.2 Å². The van der Waals surface area contributed by atoms with Crippen molar-refractivity contribution in [3.05, 3.63) is 71.5 Å². The normalized spacial score (nSPS) is 11.8. The molecule has 1 aliphatic heterocycles. The van der Waals surface area contributed by atoms with Gasteiger partial charge in [-0.1, -0.05) is 0 Å². The Morgan fingerprint density at radius 3 is 2.40 bits per heavy atom. The largest absolute Gasteiger partial charge is 0.484 e. The van der Waals surface area contributed by atoms with Crippen molar-refractivity contribution in [1.82, 2.24) is 4.68 Å². The molecule has 8 nitrogen and oxygen atoms in total. The molecule has 0 atom stereocenters. The Morgan fingerprint density at radius 1 is 0.967 bits per heavy atom. The van der Waals surface area contributed by atoms with Gasteiger partial charge in [0.1, 0.15) is 5.75 Å². The molecule has 0 radical (unpaired) electrons. The summed E-state index contributed by atoms with van der Waals surface area (Å²) in [5.74, 6) is 1.18. The molecular weight excluding hydrogens is 386 g/mol. The van der Waals surface area contributed by atoms with Gasteiger partial charge in [0.2, 0.25) is 6.79 Å². The second-order valence-electron chi connectivity index (χ2n) is 6.82. The lowest BCUT2D eigenvalue weighted by Gasteiger charge is -2.12. The number of amides is 2. The lowest BCUT2D eigenvalue weighted by atomic mass is 10.2. The number of fused-ring (bicyclic) bond motifs is 1. The van der Waals surface area contributed by atoms with Crippen LogP contribution in [0.5, 0.6) is 17.2 Å². The van der Waals surface area contributed by atoms with Gasteiger partial charge in [0.05, 0.1) is 0 Å². The van der Waals surface area contributed by atoms with E-state index in [0.717, 1.165) is 11.4 Å². The van der Waals surface area contributed by atoms with E-state index in [1.807, 2.05) is 26.0 Å². The van der Waals surface area contributed by atoms with Gasteiger partial charge < -0.3 is 19.5 Å². The Morgan fingerprint density at radius 2 is 1.67 bits per heavy atom. The minimum absolute atomic E-state index is 0.165. The first-order valence-electron chi connectivity index (χ1n) is 9.38. The summed E-state index contributed by atoms with van der Waals surface area (Å²) in [7, 11) is 0. The molecule has 0 unspecified atom stereocenters. The zero-order chi connectivity index (χ0) is 21.1. The SMILES string of the molecule is Cc1ccc(C)n1NC(=O)c1ccc(OCC(=O)Nc2ccc3c(c2)OCO3)cc1. The second kappa shape index (κ2) is 8.20. The Labute approximate surface area is 173 Å². The third-order valence-corrected chi connectivity index (χ3v) is 4.63. The molecular formula is C22H21N3O5. The number of nitrogens with one attached hydrogen (secondary N) is 2. The van der Waals surface area contributed by atoms with E-state index in [9.17, 15) is 9.59 Å².